The van der Waals surface area contributed by atoms with E-state index in [2.05, 4.69) is 224 Å². The van der Waals surface area contributed by atoms with Crippen LogP contribution in [0, 0.1) is 39.2 Å². The molecule has 0 aliphatic carbocycles. The third kappa shape index (κ3) is 9.26. The van der Waals surface area contributed by atoms with Crippen LogP contribution in [0.5, 0.6) is 11.5 Å². The number of aromatic nitrogens is 6. The van der Waals surface area contributed by atoms with Crippen molar-refractivity contribution >= 4 is 21.8 Å². The Morgan fingerprint density at radius 1 is 0.468 bits per heavy atom. The molecule has 0 aliphatic rings. The molecule has 0 radical (unpaired) electrons. The summed E-state index contributed by atoms with van der Waals surface area (Å²) < 4.78 is 12.9. The van der Waals surface area contributed by atoms with Crippen LogP contribution in [0.15, 0.2) is 237 Å². The van der Waals surface area contributed by atoms with E-state index in [9.17, 15) is 0 Å². The molecule has 0 unspecified atom stereocenters. The second-order valence-corrected chi connectivity index (χ2v) is 19.0. The van der Waals surface area contributed by atoms with Crippen molar-refractivity contribution in [2.24, 2.45) is 0 Å². The molecule has 0 bridgehead atoms. The molecule has 4 heterocycles. The maximum Gasteiger partial charge on any atom is 0.231 e. The summed E-state index contributed by atoms with van der Waals surface area (Å²) in [4.78, 5) is 10.5. The standard InChI is InChI=1S/C69H48N6O.Pt/c1-46-21-19-22-47(2)67(46)62-41-56(43-66(71-62)74-45-73(69(72-74)53-31-17-8-18-32-53)68-57(50-25-11-5-12-26-50)33-20-34-58(68)51-27-13-6-14-28-51)76-55-36-37-59-60-40-54(49-23-9-4-10-24-49)35-38-63(60)75(64(59)42-55)65-39-48(3)61(44-70-65)52-29-15-7-16-30-52;/h4-41,44H,1-3H3;/q-2;. The maximum absolute atomic E-state index is 6.98. The van der Waals surface area contributed by atoms with Crippen molar-refractivity contribution in [2.45, 2.75) is 20.8 Å². The first-order valence-electron chi connectivity index (χ1n) is 25.4. The van der Waals surface area contributed by atoms with Crippen molar-refractivity contribution in [3.05, 3.63) is 272 Å². The van der Waals surface area contributed by atoms with Crippen LogP contribution in [0.1, 0.15) is 16.7 Å². The van der Waals surface area contributed by atoms with E-state index in [4.69, 9.17) is 19.8 Å². The third-order valence-corrected chi connectivity index (χ3v) is 14.1. The summed E-state index contributed by atoms with van der Waals surface area (Å²) in [6.07, 6.45) is 5.66. The zero-order valence-electron chi connectivity index (χ0n) is 42.4. The number of benzene rings is 9. The molecule has 372 valence electrons. The van der Waals surface area contributed by atoms with Crippen LogP contribution in [0.25, 0.3) is 106 Å². The van der Waals surface area contributed by atoms with Crippen molar-refractivity contribution < 1.29 is 30.4 Å². The summed E-state index contributed by atoms with van der Waals surface area (Å²) in [5.41, 5.74) is 17.4. The minimum Gasteiger partial charge on any atom is -0.522 e. The Bertz CT molecular complexity index is 4190. The molecule has 77 heavy (non-hydrogen) atoms. The van der Waals surface area contributed by atoms with E-state index < -0.39 is 0 Å². The summed E-state index contributed by atoms with van der Waals surface area (Å²) in [5.74, 6) is 2.83. The first kappa shape index (κ1) is 48.6. The van der Waals surface area contributed by atoms with Gasteiger partial charge in [0.15, 0.2) is 0 Å². The van der Waals surface area contributed by atoms with Crippen LogP contribution in [-0.4, -0.2) is 24.3 Å². The van der Waals surface area contributed by atoms with Gasteiger partial charge in [0, 0.05) is 55.3 Å². The van der Waals surface area contributed by atoms with Crippen LogP contribution in [0.4, 0.5) is 0 Å². The van der Waals surface area contributed by atoms with E-state index >= 15 is 0 Å². The van der Waals surface area contributed by atoms with Crippen LogP contribution in [0.3, 0.4) is 0 Å². The number of hydrogen-bond donors (Lipinski definition) is 0. The summed E-state index contributed by atoms with van der Waals surface area (Å²) in [6, 6.07) is 86.9. The smallest absolute Gasteiger partial charge is 0.231 e. The number of fused-ring (bicyclic) bond motifs is 3. The molecular weight excluding hydrogens is 1120 g/mol. The van der Waals surface area contributed by atoms with Gasteiger partial charge < -0.3 is 13.9 Å². The predicted molar refractivity (Wildman–Crippen MR) is 305 cm³/mol. The van der Waals surface area contributed by atoms with Crippen molar-refractivity contribution in [3.8, 4) is 96.0 Å². The Kier molecular flexibility index (Phi) is 13.1. The number of rotatable bonds is 11. The van der Waals surface area contributed by atoms with Gasteiger partial charge in [-0.25, -0.2) is 4.98 Å². The quantitative estimate of drug-likeness (QED) is 0.0956. The van der Waals surface area contributed by atoms with Crippen molar-refractivity contribution in [1.82, 2.24) is 24.3 Å². The van der Waals surface area contributed by atoms with Gasteiger partial charge >= 0.3 is 0 Å². The fourth-order valence-corrected chi connectivity index (χ4v) is 10.5. The van der Waals surface area contributed by atoms with E-state index in [1.54, 1.807) is 4.68 Å². The van der Waals surface area contributed by atoms with Crippen LogP contribution < -0.4 is 9.30 Å². The van der Waals surface area contributed by atoms with Crippen molar-refractivity contribution in [1.29, 1.82) is 0 Å². The van der Waals surface area contributed by atoms with E-state index in [1.807, 2.05) is 60.8 Å². The zero-order valence-corrected chi connectivity index (χ0v) is 44.7. The number of ether oxygens (including phenoxy) is 1. The second-order valence-electron chi connectivity index (χ2n) is 19.0. The molecule has 0 saturated heterocycles. The number of pyridine rings is 2. The molecule has 0 atom stereocenters. The molecule has 13 aromatic rings. The fourth-order valence-electron chi connectivity index (χ4n) is 10.5. The molecule has 4 aromatic heterocycles. The molecule has 7 nitrogen and oxygen atoms in total. The monoisotopic (exact) mass is 1170 g/mol. The SMILES string of the molecule is Cc1cc(-n2c3[c-]c(Oc4[c-]c(-n5[c-][n+](-c6c(-c7ccccc7)cccc6-c6ccccc6)c(-c6ccccc6)n5)nc(-c5c(C)cccc5C)c4)ccc3c3cc(-c4ccccc4)ccc32)ncc1-c1ccccc1.[Pt]. The average Bonchev–Trinajstić information content (AvgIpc) is 4.17. The fraction of sp³-hybridized carbons (Fsp3) is 0.0435. The molecule has 9 aromatic carbocycles. The van der Waals surface area contributed by atoms with Gasteiger partial charge in [0.05, 0.1) is 5.82 Å². The second kappa shape index (κ2) is 20.8. The van der Waals surface area contributed by atoms with E-state index in [-0.39, 0.29) is 21.1 Å². The summed E-state index contributed by atoms with van der Waals surface area (Å²) in [7, 11) is 0. The Hall–Kier alpha value is -9.29. The van der Waals surface area contributed by atoms with Gasteiger partial charge in [0.1, 0.15) is 5.82 Å². The van der Waals surface area contributed by atoms with Gasteiger partial charge in [-0.05, 0) is 116 Å². The molecule has 0 aliphatic heterocycles. The average molecular weight is 1170 g/mol. The van der Waals surface area contributed by atoms with Gasteiger partial charge in [-0.2, -0.15) is 16.8 Å². The zero-order chi connectivity index (χ0) is 51.1. The number of para-hydroxylation sites is 1. The maximum atomic E-state index is 6.98. The van der Waals surface area contributed by atoms with Crippen molar-refractivity contribution in [2.75, 3.05) is 0 Å². The molecule has 0 saturated carbocycles. The third-order valence-electron chi connectivity index (χ3n) is 14.1. The molecule has 0 N–H and O–H groups in total. The van der Waals surface area contributed by atoms with Crippen molar-refractivity contribution in [3.63, 3.8) is 0 Å². The molecular formula is C69H48N6OPt-2. The first-order valence-corrected chi connectivity index (χ1v) is 25.4. The summed E-state index contributed by atoms with van der Waals surface area (Å²) in [5, 5.41) is 7.46. The number of aryl methyl sites for hydroxylation is 3. The van der Waals surface area contributed by atoms with Crippen LogP contribution in [0.2, 0.25) is 0 Å². The minimum atomic E-state index is 0. The molecule has 8 heteroatoms. The predicted octanol–water partition coefficient (Wildman–Crippen LogP) is 16.2. The largest absolute Gasteiger partial charge is 0.522 e. The normalized spacial score (nSPS) is 11.2. The van der Waals surface area contributed by atoms with E-state index in [0.29, 0.717) is 28.8 Å². The van der Waals surface area contributed by atoms with Gasteiger partial charge in [-0.1, -0.05) is 206 Å². The Balaban J connectivity index is 0.00000596. The minimum absolute atomic E-state index is 0. The van der Waals surface area contributed by atoms with Crippen LogP contribution in [-0.2, 0) is 21.1 Å². The number of nitrogens with zero attached hydrogens (tertiary/aromatic N) is 6. The van der Waals surface area contributed by atoms with E-state index in [1.165, 1.54) is 0 Å². The molecule has 0 spiro atoms. The van der Waals surface area contributed by atoms with Gasteiger partial charge in [-0.3, -0.25) is 4.98 Å². The Morgan fingerprint density at radius 2 is 1.04 bits per heavy atom. The molecule has 0 fully saturated rings. The van der Waals surface area contributed by atoms with Gasteiger partial charge in [0.25, 0.3) is 0 Å². The topological polar surface area (TPSA) is 61.6 Å². The Labute approximate surface area is 462 Å². The first-order chi connectivity index (χ1) is 37.4. The summed E-state index contributed by atoms with van der Waals surface area (Å²) in [6.45, 7) is 6.36. The molecule has 13 rings (SSSR count). The van der Waals surface area contributed by atoms with Gasteiger partial charge in [-0.15, -0.1) is 23.6 Å². The van der Waals surface area contributed by atoms with Gasteiger partial charge in [0.2, 0.25) is 12.2 Å². The summed E-state index contributed by atoms with van der Waals surface area (Å²) >= 11 is 0. The Morgan fingerprint density at radius 3 is 1.65 bits per heavy atom. The van der Waals surface area contributed by atoms with Crippen LogP contribution >= 0.6 is 0 Å². The number of hydrogen-bond acceptors (Lipinski definition) is 4. The van der Waals surface area contributed by atoms with E-state index in [0.717, 1.165) is 106 Å². The molecule has 0 amide bonds.